The van der Waals surface area contributed by atoms with Crippen LogP contribution in [0.3, 0.4) is 0 Å². The van der Waals surface area contributed by atoms with Crippen LogP contribution in [-0.2, 0) is 14.8 Å². The molecule has 3 aromatic carbocycles. The summed E-state index contributed by atoms with van der Waals surface area (Å²) in [6.45, 7) is 2.21. The SMILES string of the molecule is CCC(C(=O)NCCOc1cccc2ccccc12)N(c1ccc(OC)c(Cl)c1)S(C)(=O)=O. The lowest BCUT2D eigenvalue weighted by molar-refractivity contribution is -0.122. The number of halogens is 1. The Kier molecular flexibility index (Phi) is 8.05. The molecule has 3 rings (SSSR count). The van der Waals surface area contributed by atoms with Crippen LogP contribution >= 0.6 is 11.6 Å². The largest absolute Gasteiger partial charge is 0.495 e. The second kappa shape index (κ2) is 10.8. The number of carbonyl (C=O) groups excluding carboxylic acids is 1. The Morgan fingerprint density at radius 3 is 2.48 bits per heavy atom. The van der Waals surface area contributed by atoms with Crippen molar-refractivity contribution < 1.29 is 22.7 Å². The molecule has 1 unspecified atom stereocenters. The average molecular weight is 491 g/mol. The Balaban J connectivity index is 1.70. The molecular weight excluding hydrogens is 464 g/mol. The van der Waals surface area contributed by atoms with Crippen LogP contribution in [0.2, 0.25) is 5.02 Å². The van der Waals surface area contributed by atoms with Crippen molar-refractivity contribution in [1.29, 1.82) is 0 Å². The maximum Gasteiger partial charge on any atom is 0.244 e. The number of amides is 1. The summed E-state index contributed by atoms with van der Waals surface area (Å²) in [7, 11) is -2.30. The van der Waals surface area contributed by atoms with Crippen LogP contribution in [0, 0.1) is 0 Å². The van der Waals surface area contributed by atoms with Crippen molar-refractivity contribution in [3.63, 3.8) is 0 Å². The van der Waals surface area contributed by atoms with Gasteiger partial charge in [-0.3, -0.25) is 9.10 Å². The predicted octanol–water partition coefficient (Wildman–Crippen LogP) is 4.24. The van der Waals surface area contributed by atoms with E-state index in [9.17, 15) is 13.2 Å². The lowest BCUT2D eigenvalue weighted by Gasteiger charge is -2.30. The topological polar surface area (TPSA) is 84.9 Å². The fourth-order valence-corrected chi connectivity index (χ4v) is 5.08. The van der Waals surface area contributed by atoms with Gasteiger partial charge in [-0.05, 0) is 36.1 Å². The van der Waals surface area contributed by atoms with Gasteiger partial charge in [-0.2, -0.15) is 0 Å². The number of rotatable bonds is 10. The molecule has 0 aliphatic rings. The van der Waals surface area contributed by atoms with E-state index < -0.39 is 22.0 Å². The molecule has 0 radical (unpaired) electrons. The van der Waals surface area contributed by atoms with Gasteiger partial charge in [0.05, 0.1) is 30.6 Å². The van der Waals surface area contributed by atoms with Crippen molar-refractivity contribution in [3.05, 3.63) is 65.7 Å². The summed E-state index contributed by atoms with van der Waals surface area (Å²) >= 11 is 6.19. The number of sulfonamides is 1. The number of nitrogens with zero attached hydrogens (tertiary/aromatic N) is 1. The number of hydrogen-bond donors (Lipinski definition) is 1. The van der Waals surface area contributed by atoms with E-state index in [1.807, 2.05) is 42.5 Å². The molecule has 0 aliphatic carbocycles. The summed E-state index contributed by atoms with van der Waals surface area (Å²) < 4.78 is 37.3. The first-order valence-electron chi connectivity index (χ1n) is 10.5. The van der Waals surface area contributed by atoms with Gasteiger partial charge >= 0.3 is 0 Å². The molecule has 0 aromatic heterocycles. The lowest BCUT2D eigenvalue weighted by Crippen LogP contribution is -2.50. The standard InChI is InChI=1S/C24H27ClN2O5S/c1-4-21(27(33(3,29)30)18-12-13-23(31-2)20(25)16-18)24(28)26-14-15-32-22-11-7-9-17-8-5-6-10-19(17)22/h5-13,16,21H,4,14-15H2,1-3H3,(H,26,28). The summed E-state index contributed by atoms with van der Waals surface area (Å²) in [5, 5.41) is 5.08. The quantitative estimate of drug-likeness (QED) is 0.430. The first-order chi connectivity index (χ1) is 15.8. The Hall–Kier alpha value is -2.97. The molecule has 176 valence electrons. The number of hydrogen-bond acceptors (Lipinski definition) is 5. The molecule has 0 heterocycles. The second-order valence-electron chi connectivity index (χ2n) is 7.42. The van der Waals surface area contributed by atoms with Crippen molar-refractivity contribution in [3.8, 4) is 11.5 Å². The summed E-state index contributed by atoms with van der Waals surface area (Å²) in [4.78, 5) is 12.9. The Bertz CT molecular complexity index is 1230. The van der Waals surface area contributed by atoms with Crippen molar-refractivity contribution >= 4 is 44.0 Å². The fourth-order valence-electron chi connectivity index (χ4n) is 3.63. The van der Waals surface area contributed by atoms with Crippen LogP contribution in [-0.4, -0.2) is 46.9 Å². The molecule has 3 aromatic rings. The molecule has 0 aliphatic heterocycles. The van der Waals surface area contributed by atoms with Gasteiger partial charge in [0.1, 0.15) is 24.1 Å². The van der Waals surface area contributed by atoms with Gasteiger partial charge < -0.3 is 14.8 Å². The molecule has 0 saturated carbocycles. The Morgan fingerprint density at radius 1 is 1.09 bits per heavy atom. The zero-order valence-corrected chi connectivity index (χ0v) is 20.3. The number of carbonyl (C=O) groups is 1. The first kappa shape index (κ1) is 24.7. The zero-order valence-electron chi connectivity index (χ0n) is 18.7. The van der Waals surface area contributed by atoms with E-state index >= 15 is 0 Å². The van der Waals surface area contributed by atoms with Crippen LogP contribution in [0.25, 0.3) is 10.8 Å². The third-order valence-electron chi connectivity index (χ3n) is 5.13. The van der Waals surface area contributed by atoms with Gasteiger partial charge in [-0.25, -0.2) is 8.42 Å². The predicted molar refractivity (Wildman–Crippen MR) is 132 cm³/mol. The van der Waals surface area contributed by atoms with E-state index in [4.69, 9.17) is 21.1 Å². The second-order valence-corrected chi connectivity index (χ2v) is 9.69. The van der Waals surface area contributed by atoms with Gasteiger partial charge in [-0.15, -0.1) is 0 Å². The number of nitrogens with one attached hydrogen (secondary N) is 1. The highest BCUT2D eigenvalue weighted by molar-refractivity contribution is 7.92. The molecule has 1 N–H and O–H groups in total. The van der Waals surface area contributed by atoms with Gasteiger partial charge in [0.25, 0.3) is 0 Å². The van der Waals surface area contributed by atoms with Crippen molar-refractivity contribution in [2.75, 3.05) is 30.8 Å². The Labute approximate surface area is 199 Å². The maximum atomic E-state index is 12.9. The van der Waals surface area contributed by atoms with Crippen LogP contribution in [0.15, 0.2) is 60.7 Å². The molecule has 9 heteroatoms. The summed E-state index contributed by atoms with van der Waals surface area (Å²) in [6, 6.07) is 17.3. The molecular formula is C24H27ClN2O5S. The van der Waals surface area contributed by atoms with Crippen LogP contribution < -0.4 is 19.1 Å². The van der Waals surface area contributed by atoms with Gasteiger partial charge in [0, 0.05) is 5.39 Å². The summed E-state index contributed by atoms with van der Waals surface area (Å²) in [6.07, 6.45) is 1.33. The molecule has 1 atom stereocenters. The van der Waals surface area contributed by atoms with Gasteiger partial charge in [-0.1, -0.05) is 54.9 Å². The van der Waals surface area contributed by atoms with Gasteiger partial charge in [0.15, 0.2) is 0 Å². The van der Waals surface area contributed by atoms with E-state index in [2.05, 4.69) is 5.32 Å². The van der Waals surface area contributed by atoms with Crippen LogP contribution in [0.4, 0.5) is 5.69 Å². The molecule has 7 nitrogen and oxygen atoms in total. The fraction of sp³-hybridized carbons (Fsp3) is 0.292. The number of fused-ring (bicyclic) bond motifs is 1. The van der Waals surface area contributed by atoms with Gasteiger partial charge in [0.2, 0.25) is 15.9 Å². The smallest absolute Gasteiger partial charge is 0.244 e. The lowest BCUT2D eigenvalue weighted by atomic mass is 10.1. The average Bonchev–Trinajstić information content (AvgIpc) is 2.79. The molecule has 0 fully saturated rings. The highest BCUT2D eigenvalue weighted by Crippen LogP contribution is 2.32. The van der Waals surface area contributed by atoms with Crippen molar-refractivity contribution in [2.24, 2.45) is 0 Å². The Morgan fingerprint density at radius 2 is 1.82 bits per heavy atom. The van der Waals surface area contributed by atoms with E-state index in [0.29, 0.717) is 5.75 Å². The molecule has 0 bridgehead atoms. The number of anilines is 1. The normalized spacial score (nSPS) is 12.2. The van der Waals surface area contributed by atoms with E-state index in [-0.39, 0.29) is 30.3 Å². The maximum absolute atomic E-state index is 12.9. The van der Waals surface area contributed by atoms with E-state index in [1.54, 1.807) is 19.1 Å². The molecule has 0 spiro atoms. The summed E-state index contributed by atoms with van der Waals surface area (Å²) in [5.41, 5.74) is 0.289. The van der Waals surface area contributed by atoms with E-state index in [1.165, 1.54) is 13.2 Å². The third kappa shape index (κ3) is 5.89. The first-order valence-corrected chi connectivity index (χ1v) is 12.7. The minimum absolute atomic E-state index is 0.222. The minimum atomic E-state index is -3.77. The zero-order chi connectivity index (χ0) is 24.0. The highest BCUT2D eigenvalue weighted by atomic mass is 35.5. The monoisotopic (exact) mass is 490 g/mol. The van der Waals surface area contributed by atoms with Crippen LogP contribution in [0.5, 0.6) is 11.5 Å². The highest BCUT2D eigenvalue weighted by Gasteiger charge is 2.31. The molecule has 33 heavy (non-hydrogen) atoms. The van der Waals surface area contributed by atoms with Crippen LogP contribution in [0.1, 0.15) is 13.3 Å². The van der Waals surface area contributed by atoms with E-state index in [0.717, 1.165) is 27.1 Å². The molecule has 1 amide bonds. The number of ether oxygens (including phenoxy) is 2. The summed E-state index contributed by atoms with van der Waals surface area (Å²) in [5.74, 6) is 0.716. The molecule has 0 saturated heterocycles. The third-order valence-corrected chi connectivity index (χ3v) is 6.60. The van der Waals surface area contributed by atoms with Crippen molar-refractivity contribution in [1.82, 2.24) is 5.32 Å². The minimum Gasteiger partial charge on any atom is -0.495 e. The van der Waals surface area contributed by atoms with Crippen molar-refractivity contribution in [2.45, 2.75) is 19.4 Å². The number of methoxy groups -OCH3 is 1. The number of benzene rings is 3.